The summed E-state index contributed by atoms with van der Waals surface area (Å²) in [6.07, 6.45) is 4.45. The summed E-state index contributed by atoms with van der Waals surface area (Å²) in [5, 5.41) is 0. The standard InChI is InChI=1S/C13H23N3O2/c1-4-7-17-12-11(14)13(16-9-15-12)18-8-5-6-10(2)3/h9-10H,4-8,14H2,1-3H3. The zero-order chi connectivity index (χ0) is 13.4. The third-order valence-electron chi connectivity index (χ3n) is 2.42. The molecule has 0 saturated carbocycles. The van der Waals surface area contributed by atoms with E-state index in [4.69, 9.17) is 15.2 Å². The number of nitrogens with two attached hydrogens (primary N) is 1. The molecule has 0 aromatic carbocycles. The van der Waals surface area contributed by atoms with Gasteiger partial charge in [0.25, 0.3) is 0 Å². The lowest BCUT2D eigenvalue weighted by molar-refractivity contribution is 0.278. The van der Waals surface area contributed by atoms with E-state index < -0.39 is 0 Å². The zero-order valence-electron chi connectivity index (χ0n) is 11.5. The van der Waals surface area contributed by atoms with Crippen molar-refractivity contribution >= 4 is 5.69 Å². The Morgan fingerprint density at radius 2 is 1.78 bits per heavy atom. The lowest BCUT2D eigenvalue weighted by Gasteiger charge is -2.11. The molecule has 1 aromatic rings. The van der Waals surface area contributed by atoms with Gasteiger partial charge in [-0.1, -0.05) is 20.8 Å². The number of nitrogen functional groups attached to an aromatic ring is 1. The van der Waals surface area contributed by atoms with Crippen molar-refractivity contribution in [2.75, 3.05) is 18.9 Å². The SMILES string of the molecule is CCCOc1ncnc(OCCCC(C)C)c1N. The molecule has 0 spiro atoms. The number of ether oxygens (including phenoxy) is 2. The largest absolute Gasteiger partial charge is 0.476 e. The van der Waals surface area contributed by atoms with Gasteiger partial charge in [-0.15, -0.1) is 0 Å². The number of anilines is 1. The first-order valence-electron chi connectivity index (χ1n) is 6.51. The molecule has 0 fully saturated rings. The molecule has 0 bridgehead atoms. The average molecular weight is 253 g/mol. The Morgan fingerprint density at radius 3 is 2.33 bits per heavy atom. The minimum Gasteiger partial charge on any atom is -0.476 e. The van der Waals surface area contributed by atoms with Gasteiger partial charge in [-0.2, -0.15) is 9.97 Å². The summed E-state index contributed by atoms with van der Waals surface area (Å²) in [5.74, 6) is 1.50. The van der Waals surface area contributed by atoms with Crippen LogP contribution in [0.3, 0.4) is 0 Å². The molecule has 0 aliphatic rings. The molecule has 0 radical (unpaired) electrons. The summed E-state index contributed by atoms with van der Waals surface area (Å²) in [7, 11) is 0. The Balaban J connectivity index is 2.49. The predicted octanol–water partition coefficient (Wildman–Crippen LogP) is 2.66. The van der Waals surface area contributed by atoms with Crippen molar-refractivity contribution < 1.29 is 9.47 Å². The molecule has 5 heteroatoms. The summed E-state index contributed by atoms with van der Waals surface area (Å²) >= 11 is 0. The molecule has 18 heavy (non-hydrogen) atoms. The molecule has 0 aliphatic carbocycles. The van der Waals surface area contributed by atoms with E-state index in [1.165, 1.54) is 6.33 Å². The first kappa shape index (κ1) is 14.5. The van der Waals surface area contributed by atoms with E-state index in [1.807, 2.05) is 6.92 Å². The van der Waals surface area contributed by atoms with E-state index in [0.29, 0.717) is 36.6 Å². The van der Waals surface area contributed by atoms with E-state index in [0.717, 1.165) is 19.3 Å². The molecule has 0 aliphatic heterocycles. The molecule has 0 atom stereocenters. The molecule has 102 valence electrons. The Labute approximate surface area is 109 Å². The monoisotopic (exact) mass is 253 g/mol. The summed E-state index contributed by atoms with van der Waals surface area (Å²) in [4.78, 5) is 8.02. The van der Waals surface area contributed by atoms with Crippen LogP contribution in [0, 0.1) is 5.92 Å². The van der Waals surface area contributed by atoms with Crippen molar-refractivity contribution in [1.82, 2.24) is 9.97 Å². The van der Waals surface area contributed by atoms with Crippen LogP contribution < -0.4 is 15.2 Å². The third kappa shape index (κ3) is 4.77. The van der Waals surface area contributed by atoms with Gasteiger partial charge in [0.2, 0.25) is 11.8 Å². The van der Waals surface area contributed by atoms with E-state index in [1.54, 1.807) is 0 Å². The normalized spacial score (nSPS) is 10.7. The van der Waals surface area contributed by atoms with Gasteiger partial charge in [0.05, 0.1) is 13.2 Å². The van der Waals surface area contributed by atoms with Crippen molar-refractivity contribution in [2.24, 2.45) is 5.92 Å². The highest BCUT2D eigenvalue weighted by atomic mass is 16.5. The van der Waals surface area contributed by atoms with Gasteiger partial charge >= 0.3 is 0 Å². The second-order valence-electron chi connectivity index (χ2n) is 4.63. The maximum Gasteiger partial charge on any atom is 0.244 e. The lowest BCUT2D eigenvalue weighted by atomic mass is 10.1. The fraction of sp³-hybridized carbons (Fsp3) is 0.692. The maximum atomic E-state index is 5.89. The van der Waals surface area contributed by atoms with Crippen LogP contribution in [-0.2, 0) is 0 Å². The number of nitrogens with zero attached hydrogens (tertiary/aromatic N) is 2. The Kier molecular flexibility index (Phi) is 6.25. The Bertz CT molecular complexity index is 356. The number of rotatable bonds is 8. The molecule has 1 heterocycles. The van der Waals surface area contributed by atoms with Crippen molar-refractivity contribution in [3.8, 4) is 11.8 Å². The lowest BCUT2D eigenvalue weighted by Crippen LogP contribution is -2.07. The third-order valence-corrected chi connectivity index (χ3v) is 2.42. The highest BCUT2D eigenvalue weighted by Gasteiger charge is 2.10. The van der Waals surface area contributed by atoms with Crippen LogP contribution in [-0.4, -0.2) is 23.2 Å². The van der Waals surface area contributed by atoms with E-state index >= 15 is 0 Å². The van der Waals surface area contributed by atoms with E-state index in [-0.39, 0.29) is 0 Å². The van der Waals surface area contributed by atoms with Gasteiger partial charge < -0.3 is 15.2 Å². The van der Waals surface area contributed by atoms with Crippen LogP contribution in [0.25, 0.3) is 0 Å². The van der Waals surface area contributed by atoms with Gasteiger partial charge in [-0.25, -0.2) is 0 Å². The number of aromatic nitrogens is 2. The Hall–Kier alpha value is -1.52. The predicted molar refractivity (Wildman–Crippen MR) is 71.8 cm³/mol. The van der Waals surface area contributed by atoms with Gasteiger partial charge in [-0.3, -0.25) is 0 Å². The van der Waals surface area contributed by atoms with Crippen molar-refractivity contribution in [3.05, 3.63) is 6.33 Å². The molecule has 2 N–H and O–H groups in total. The Morgan fingerprint density at radius 1 is 1.17 bits per heavy atom. The van der Waals surface area contributed by atoms with Crippen LogP contribution in [0.2, 0.25) is 0 Å². The molecular formula is C13H23N3O2. The van der Waals surface area contributed by atoms with Crippen LogP contribution in [0.1, 0.15) is 40.0 Å². The zero-order valence-corrected chi connectivity index (χ0v) is 11.5. The van der Waals surface area contributed by atoms with Crippen LogP contribution in [0.5, 0.6) is 11.8 Å². The molecule has 1 aromatic heterocycles. The smallest absolute Gasteiger partial charge is 0.244 e. The van der Waals surface area contributed by atoms with E-state index in [2.05, 4.69) is 23.8 Å². The van der Waals surface area contributed by atoms with Gasteiger partial charge in [-0.05, 0) is 25.2 Å². The van der Waals surface area contributed by atoms with Gasteiger partial charge in [0.15, 0.2) is 5.69 Å². The molecule has 0 saturated heterocycles. The summed E-state index contributed by atoms with van der Waals surface area (Å²) in [5.41, 5.74) is 6.28. The highest BCUT2D eigenvalue weighted by molar-refractivity contribution is 5.55. The molecule has 5 nitrogen and oxygen atoms in total. The van der Waals surface area contributed by atoms with Crippen LogP contribution in [0.15, 0.2) is 6.33 Å². The number of hydrogen-bond acceptors (Lipinski definition) is 5. The number of hydrogen-bond donors (Lipinski definition) is 1. The molecule has 0 amide bonds. The quantitative estimate of drug-likeness (QED) is 0.721. The topological polar surface area (TPSA) is 70.3 Å². The highest BCUT2D eigenvalue weighted by Crippen LogP contribution is 2.26. The second-order valence-corrected chi connectivity index (χ2v) is 4.63. The maximum absolute atomic E-state index is 5.89. The van der Waals surface area contributed by atoms with Crippen molar-refractivity contribution in [1.29, 1.82) is 0 Å². The fourth-order valence-corrected chi connectivity index (χ4v) is 1.45. The average Bonchev–Trinajstić information content (AvgIpc) is 2.34. The molecule has 1 rings (SSSR count). The van der Waals surface area contributed by atoms with E-state index in [9.17, 15) is 0 Å². The fourth-order valence-electron chi connectivity index (χ4n) is 1.45. The minimum absolute atomic E-state index is 0.385. The van der Waals surface area contributed by atoms with Crippen LogP contribution >= 0.6 is 0 Å². The second kappa shape index (κ2) is 7.74. The summed E-state index contributed by atoms with van der Waals surface area (Å²) < 4.78 is 11.0. The first-order chi connectivity index (χ1) is 8.65. The summed E-state index contributed by atoms with van der Waals surface area (Å²) in [6, 6.07) is 0. The first-order valence-corrected chi connectivity index (χ1v) is 6.51. The molecule has 0 unspecified atom stereocenters. The molecular weight excluding hydrogens is 230 g/mol. The van der Waals surface area contributed by atoms with Crippen molar-refractivity contribution in [2.45, 2.75) is 40.0 Å². The minimum atomic E-state index is 0.385. The van der Waals surface area contributed by atoms with Gasteiger partial charge in [0, 0.05) is 0 Å². The van der Waals surface area contributed by atoms with Crippen molar-refractivity contribution in [3.63, 3.8) is 0 Å². The summed E-state index contributed by atoms with van der Waals surface area (Å²) in [6.45, 7) is 7.62. The van der Waals surface area contributed by atoms with Gasteiger partial charge in [0.1, 0.15) is 6.33 Å². The van der Waals surface area contributed by atoms with Crippen LogP contribution in [0.4, 0.5) is 5.69 Å².